The average molecular weight is 459 g/mol. The van der Waals surface area contributed by atoms with Crippen LogP contribution in [-0.2, 0) is 4.74 Å². The summed E-state index contributed by atoms with van der Waals surface area (Å²) in [5.41, 5.74) is 5.94. The van der Waals surface area contributed by atoms with E-state index in [2.05, 4.69) is 21.0 Å². The number of hydrogen-bond donors (Lipinski definition) is 2. The van der Waals surface area contributed by atoms with Crippen LogP contribution in [0.25, 0.3) is 44.5 Å². The molecule has 0 saturated heterocycles. The number of hydrogen-bond acceptors (Lipinski definition) is 5. The Bertz CT molecular complexity index is 1510. The smallest absolute Gasteiger partial charge is 0.276 e. The first kappa shape index (κ1) is 21.1. The summed E-state index contributed by atoms with van der Waals surface area (Å²) >= 11 is 1.51. The van der Waals surface area contributed by atoms with E-state index in [1.165, 1.54) is 11.3 Å². The molecule has 166 valence electrons. The van der Waals surface area contributed by atoms with Crippen LogP contribution in [0, 0.1) is 0 Å². The summed E-state index contributed by atoms with van der Waals surface area (Å²) in [5, 5.41) is 4.77. The van der Waals surface area contributed by atoms with Gasteiger partial charge in [-0.05, 0) is 41.5 Å². The first-order valence-electron chi connectivity index (χ1n) is 10.5. The molecule has 0 aliphatic carbocycles. The van der Waals surface area contributed by atoms with Gasteiger partial charge in [0.05, 0.1) is 23.3 Å². The van der Waals surface area contributed by atoms with Crippen LogP contribution in [0.5, 0.6) is 0 Å². The van der Waals surface area contributed by atoms with Crippen molar-refractivity contribution < 1.29 is 9.53 Å². The number of aromatic nitrogens is 3. The Labute approximate surface area is 193 Å². The van der Waals surface area contributed by atoms with Crippen LogP contribution in [-0.4, -0.2) is 53.1 Å². The molecule has 33 heavy (non-hydrogen) atoms. The fraction of sp³-hybridized carbons (Fsp3) is 0.160. The minimum absolute atomic E-state index is 0.0374. The van der Waals surface area contributed by atoms with E-state index in [1.54, 1.807) is 19.1 Å². The number of carbonyl (C=O) groups excluding carboxylic acids is 1. The van der Waals surface area contributed by atoms with Crippen molar-refractivity contribution in [3.05, 3.63) is 75.2 Å². The average Bonchev–Trinajstić information content (AvgIpc) is 3.47. The molecule has 7 nitrogen and oxygen atoms in total. The molecule has 0 bridgehead atoms. The Morgan fingerprint density at radius 2 is 1.82 bits per heavy atom. The molecule has 0 aliphatic rings. The van der Waals surface area contributed by atoms with Crippen LogP contribution in [0.2, 0.25) is 0 Å². The number of amides is 1. The molecule has 0 fully saturated rings. The number of fused-ring (bicyclic) bond motifs is 2. The third-order valence-electron chi connectivity index (χ3n) is 5.66. The standard InChI is InChI=1S/C25H22N4O3S/c1-29(9-10-32-2)25(31)16-5-3-15(4-6-16)17-7-8-19-18(11-17)12-20(26-19)23-24(30)28-22-14-33-13-21(22)27-23/h3-8,11-14,26H,9-10H2,1-2H3,(H,28,30). The Morgan fingerprint density at radius 3 is 2.61 bits per heavy atom. The van der Waals surface area contributed by atoms with Gasteiger partial charge < -0.3 is 19.6 Å². The predicted molar refractivity (Wildman–Crippen MR) is 132 cm³/mol. The highest BCUT2D eigenvalue weighted by Crippen LogP contribution is 2.28. The largest absolute Gasteiger partial charge is 0.383 e. The number of aromatic amines is 2. The summed E-state index contributed by atoms with van der Waals surface area (Å²) in [6.07, 6.45) is 0. The van der Waals surface area contributed by atoms with Crippen LogP contribution >= 0.6 is 11.3 Å². The number of thiophene rings is 1. The minimum atomic E-state index is -0.219. The second-order valence-corrected chi connectivity index (χ2v) is 8.61. The topological polar surface area (TPSA) is 91.1 Å². The summed E-state index contributed by atoms with van der Waals surface area (Å²) in [7, 11) is 3.39. The van der Waals surface area contributed by atoms with Crippen LogP contribution < -0.4 is 5.56 Å². The van der Waals surface area contributed by atoms with Gasteiger partial charge in [-0.15, -0.1) is 11.3 Å². The number of rotatable bonds is 6. The predicted octanol–water partition coefficient (Wildman–Crippen LogP) is 4.52. The van der Waals surface area contributed by atoms with Crippen molar-refractivity contribution in [3.8, 4) is 22.5 Å². The van der Waals surface area contributed by atoms with Crippen molar-refractivity contribution in [1.29, 1.82) is 0 Å². The van der Waals surface area contributed by atoms with Crippen molar-refractivity contribution in [2.24, 2.45) is 0 Å². The molecule has 0 saturated carbocycles. The molecule has 3 aromatic heterocycles. The number of benzene rings is 2. The lowest BCUT2D eigenvalue weighted by Crippen LogP contribution is -2.29. The van der Waals surface area contributed by atoms with Crippen LogP contribution in [0.3, 0.4) is 0 Å². The minimum Gasteiger partial charge on any atom is -0.383 e. The van der Waals surface area contributed by atoms with E-state index in [-0.39, 0.29) is 11.5 Å². The highest BCUT2D eigenvalue weighted by Gasteiger charge is 2.13. The van der Waals surface area contributed by atoms with Gasteiger partial charge in [0.2, 0.25) is 0 Å². The number of H-pyrrole nitrogens is 2. The lowest BCUT2D eigenvalue weighted by Gasteiger charge is -2.16. The number of likely N-dealkylation sites (N-methyl/N-ethyl adjacent to an activating group) is 1. The fourth-order valence-corrected chi connectivity index (χ4v) is 4.49. The number of nitrogens with one attached hydrogen (secondary N) is 2. The van der Waals surface area contributed by atoms with Gasteiger partial charge in [-0.25, -0.2) is 4.98 Å². The van der Waals surface area contributed by atoms with Crippen molar-refractivity contribution in [2.75, 3.05) is 27.3 Å². The third kappa shape index (κ3) is 4.06. The monoisotopic (exact) mass is 458 g/mol. The van der Waals surface area contributed by atoms with Gasteiger partial charge in [0.15, 0.2) is 5.69 Å². The molecule has 5 rings (SSSR count). The lowest BCUT2D eigenvalue weighted by molar-refractivity contribution is 0.0744. The van der Waals surface area contributed by atoms with Crippen molar-refractivity contribution >= 4 is 39.2 Å². The Kier molecular flexibility index (Phi) is 5.53. The molecule has 5 aromatic rings. The first-order valence-corrected chi connectivity index (χ1v) is 11.4. The van der Waals surface area contributed by atoms with Gasteiger partial charge in [0, 0.05) is 47.9 Å². The maximum Gasteiger partial charge on any atom is 0.276 e. The maximum absolute atomic E-state index is 12.5. The number of methoxy groups -OCH3 is 1. The molecule has 2 aromatic carbocycles. The number of ether oxygens (including phenoxy) is 1. The Balaban J connectivity index is 1.43. The second kappa shape index (κ2) is 8.65. The fourth-order valence-electron chi connectivity index (χ4n) is 3.80. The SMILES string of the molecule is COCCN(C)C(=O)c1ccc(-c2ccc3[nH]c(-c4nc5cscc5[nH]c4=O)cc3c2)cc1. The van der Waals surface area contributed by atoms with E-state index in [4.69, 9.17) is 4.74 Å². The molecule has 2 N–H and O–H groups in total. The van der Waals surface area contributed by atoms with Gasteiger partial charge >= 0.3 is 0 Å². The summed E-state index contributed by atoms with van der Waals surface area (Å²) in [5.74, 6) is -0.0374. The Morgan fingerprint density at radius 1 is 1.03 bits per heavy atom. The van der Waals surface area contributed by atoms with Gasteiger partial charge in [0.1, 0.15) is 0 Å². The van der Waals surface area contributed by atoms with E-state index in [0.29, 0.717) is 30.1 Å². The molecular formula is C25H22N4O3S. The zero-order chi connectivity index (χ0) is 22.9. The first-order chi connectivity index (χ1) is 16.0. The van der Waals surface area contributed by atoms with Gasteiger partial charge in [-0.3, -0.25) is 9.59 Å². The van der Waals surface area contributed by atoms with Crippen molar-refractivity contribution in [3.63, 3.8) is 0 Å². The third-order valence-corrected chi connectivity index (χ3v) is 6.39. The van der Waals surface area contributed by atoms with Gasteiger partial charge in [-0.2, -0.15) is 0 Å². The molecular weight excluding hydrogens is 436 g/mol. The molecule has 0 aliphatic heterocycles. The molecule has 0 spiro atoms. The quantitative estimate of drug-likeness (QED) is 0.391. The molecule has 8 heteroatoms. The molecule has 0 radical (unpaired) electrons. The molecule has 0 atom stereocenters. The van der Waals surface area contributed by atoms with Crippen molar-refractivity contribution in [1.82, 2.24) is 19.9 Å². The van der Waals surface area contributed by atoms with E-state index < -0.39 is 0 Å². The van der Waals surface area contributed by atoms with E-state index >= 15 is 0 Å². The lowest BCUT2D eigenvalue weighted by atomic mass is 10.0. The van der Waals surface area contributed by atoms with Crippen LogP contribution in [0.4, 0.5) is 0 Å². The Hall–Kier alpha value is -3.75. The van der Waals surface area contributed by atoms with Crippen LogP contribution in [0.15, 0.2) is 64.1 Å². The van der Waals surface area contributed by atoms with Crippen molar-refractivity contribution in [2.45, 2.75) is 0 Å². The highest BCUT2D eigenvalue weighted by atomic mass is 32.1. The van der Waals surface area contributed by atoms with Gasteiger partial charge in [-0.1, -0.05) is 18.2 Å². The second-order valence-electron chi connectivity index (χ2n) is 7.87. The summed E-state index contributed by atoms with van der Waals surface area (Å²) in [6, 6.07) is 15.6. The molecule has 3 heterocycles. The summed E-state index contributed by atoms with van der Waals surface area (Å²) in [4.78, 5) is 37.4. The van der Waals surface area contributed by atoms with Gasteiger partial charge in [0.25, 0.3) is 11.5 Å². The molecule has 0 unspecified atom stereocenters. The zero-order valence-electron chi connectivity index (χ0n) is 18.2. The normalized spacial score (nSPS) is 11.3. The zero-order valence-corrected chi connectivity index (χ0v) is 19.0. The van der Waals surface area contributed by atoms with E-state index in [0.717, 1.165) is 33.1 Å². The highest BCUT2D eigenvalue weighted by molar-refractivity contribution is 7.09. The maximum atomic E-state index is 12.5. The summed E-state index contributed by atoms with van der Waals surface area (Å²) < 4.78 is 5.04. The van der Waals surface area contributed by atoms with E-state index in [1.807, 2.05) is 53.2 Å². The molecule has 1 amide bonds. The number of carbonyl (C=O) groups is 1. The summed E-state index contributed by atoms with van der Waals surface area (Å²) in [6.45, 7) is 1.04. The number of nitrogens with zero attached hydrogens (tertiary/aromatic N) is 2. The van der Waals surface area contributed by atoms with E-state index in [9.17, 15) is 9.59 Å². The van der Waals surface area contributed by atoms with Crippen LogP contribution in [0.1, 0.15) is 10.4 Å².